The summed E-state index contributed by atoms with van der Waals surface area (Å²) in [6, 6.07) is 5.84. The monoisotopic (exact) mass is 320 g/mol. The first-order valence-corrected chi connectivity index (χ1v) is 8.40. The largest absolute Gasteiger partial charge is 0.493 e. The summed E-state index contributed by atoms with van der Waals surface area (Å²) in [5.41, 5.74) is 7.04. The smallest absolute Gasteiger partial charge is 0.220 e. The molecule has 3 atom stereocenters. The van der Waals surface area contributed by atoms with E-state index >= 15 is 0 Å². The number of amides is 1. The molecule has 1 saturated carbocycles. The molecular weight excluding hydrogens is 292 g/mol. The topological polar surface area (TPSA) is 73.6 Å². The van der Waals surface area contributed by atoms with Gasteiger partial charge >= 0.3 is 0 Å². The Morgan fingerprint density at radius 2 is 2.17 bits per heavy atom. The molecule has 128 valence electrons. The third-order valence-corrected chi connectivity index (χ3v) is 4.53. The van der Waals surface area contributed by atoms with E-state index in [1.165, 1.54) is 0 Å². The second-order valence-corrected chi connectivity index (χ2v) is 6.19. The molecule has 0 bridgehead atoms. The Morgan fingerprint density at radius 3 is 2.78 bits per heavy atom. The Labute approximate surface area is 138 Å². The Morgan fingerprint density at radius 1 is 1.39 bits per heavy atom. The zero-order chi connectivity index (χ0) is 16.8. The maximum Gasteiger partial charge on any atom is 0.220 e. The number of hydrogen-bond acceptors (Lipinski definition) is 4. The van der Waals surface area contributed by atoms with E-state index in [2.05, 4.69) is 5.32 Å². The summed E-state index contributed by atoms with van der Waals surface area (Å²) in [6.45, 7) is 4.50. The highest BCUT2D eigenvalue weighted by Gasteiger charge is 2.26. The van der Waals surface area contributed by atoms with Crippen LogP contribution in [0.1, 0.15) is 51.1 Å². The number of carbonyl (C=O) groups is 1. The van der Waals surface area contributed by atoms with Crippen LogP contribution in [0.2, 0.25) is 0 Å². The van der Waals surface area contributed by atoms with Crippen LogP contribution in [0.5, 0.6) is 11.5 Å². The van der Waals surface area contributed by atoms with Crippen molar-refractivity contribution in [2.45, 2.75) is 51.6 Å². The fourth-order valence-electron chi connectivity index (χ4n) is 3.17. The predicted octanol–water partition coefficient (Wildman–Crippen LogP) is 2.79. The van der Waals surface area contributed by atoms with Crippen molar-refractivity contribution in [1.29, 1.82) is 0 Å². The van der Waals surface area contributed by atoms with Crippen LogP contribution >= 0.6 is 0 Å². The Hall–Kier alpha value is -1.75. The van der Waals surface area contributed by atoms with Gasteiger partial charge in [-0.25, -0.2) is 0 Å². The van der Waals surface area contributed by atoms with Gasteiger partial charge in [0.25, 0.3) is 0 Å². The molecule has 0 spiro atoms. The van der Waals surface area contributed by atoms with Crippen LogP contribution < -0.4 is 20.5 Å². The normalized spacial score (nSPS) is 21.7. The number of hydrogen-bond donors (Lipinski definition) is 2. The molecule has 5 heteroatoms. The highest BCUT2D eigenvalue weighted by Crippen LogP contribution is 2.31. The van der Waals surface area contributed by atoms with Gasteiger partial charge in [0.2, 0.25) is 5.91 Å². The first-order valence-electron chi connectivity index (χ1n) is 8.40. The highest BCUT2D eigenvalue weighted by molar-refractivity contribution is 5.76. The Kier molecular flexibility index (Phi) is 6.28. The van der Waals surface area contributed by atoms with Crippen LogP contribution in [0.4, 0.5) is 0 Å². The highest BCUT2D eigenvalue weighted by atomic mass is 16.5. The van der Waals surface area contributed by atoms with E-state index in [4.69, 9.17) is 15.2 Å². The standard InChI is InChI=1S/C18H28N2O3/c1-4-23-16-9-8-13(10-17(16)22-3)12(2)20-18(21)11-14-6-5-7-15(14)19/h8-10,12,14-15H,4-7,11,19H2,1-3H3,(H,20,21)/t12?,14-,15+/m0/s1. The molecular formula is C18H28N2O3. The maximum absolute atomic E-state index is 12.2. The minimum atomic E-state index is -0.0790. The number of ether oxygens (including phenoxy) is 2. The molecule has 3 N–H and O–H groups in total. The molecule has 1 amide bonds. The van der Waals surface area contributed by atoms with Gasteiger partial charge in [-0.15, -0.1) is 0 Å². The number of nitrogens with one attached hydrogen (secondary N) is 1. The molecule has 1 aromatic carbocycles. The minimum absolute atomic E-state index is 0.0627. The van der Waals surface area contributed by atoms with E-state index in [1.54, 1.807) is 7.11 Å². The third-order valence-electron chi connectivity index (χ3n) is 4.53. The summed E-state index contributed by atoms with van der Waals surface area (Å²) >= 11 is 0. The van der Waals surface area contributed by atoms with Gasteiger partial charge in [0.05, 0.1) is 19.8 Å². The summed E-state index contributed by atoms with van der Waals surface area (Å²) in [5.74, 6) is 1.78. The molecule has 5 nitrogen and oxygen atoms in total. The number of rotatable bonds is 7. The van der Waals surface area contributed by atoms with Gasteiger partial charge < -0.3 is 20.5 Å². The molecule has 1 aliphatic rings. The average molecular weight is 320 g/mol. The van der Waals surface area contributed by atoms with Crippen molar-refractivity contribution in [2.24, 2.45) is 11.7 Å². The first-order chi connectivity index (χ1) is 11.0. The van der Waals surface area contributed by atoms with Gasteiger partial charge in [0.15, 0.2) is 11.5 Å². The molecule has 1 unspecified atom stereocenters. The van der Waals surface area contributed by atoms with Crippen molar-refractivity contribution in [1.82, 2.24) is 5.32 Å². The van der Waals surface area contributed by atoms with Crippen LogP contribution in [0, 0.1) is 5.92 Å². The molecule has 0 heterocycles. The predicted molar refractivity (Wildman–Crippen MR) is 90.7 cm³/mol. The first kappa shape index (κ1) is 17.6. The van der Waals surface area contributed by atoms with Crippen molar-refractivity contribution in [3.63, 3.8) is 0 Å². The second-order valence-electron chi connectivity index (χ2n) is 6.19. The van der Waals surface area contributed by atoms with Crippen LogP contribution in [0.15, 0.2) is 18.2 Å². The fourth-order valence-corrected chi connectivity index (χ4v) is 3.17. The molecule has 0 aromatic heterocycles. The number of methoxy groups -OCH3 is 1. The summed E-state index contributed by atoms with van der Waals surface area (Å²) in [4.78, 5) is 12.2. The van der Waals surface area contributed by atoms with Gasteiger partial charge in [0, 0.05) is 12.5 Å². The van der Waals surface area contributed by atoms with Gasteiger partial charge in [-0.1, -0.05) is 12.5 Å². The van der Waals surface area contributed by atoms with Crippen molar-refractivity contribution in [3.05, 3.63) is 23.8 Å². The second kappa shape index (κ2) is 8.20. The SMILES string of the molecule is CCOc1ccc(C(C)NC(=O)C[C@@H]2CCC[C@H]2N)cc1OC. The van der Waals surface area contributed by atoms with Crippen molar-refractivity contribution >= 4 is 5.91 Å². The fraction of sp³-hybridized carbons (Fsp3) is 0.611. The molecule has 1 aromatic rings. The lowest BCUT2D eigenvalue weighted by molar-refractivity contribution is -0.122. The van der Waals surface area contributed by atoms with Crippen LogP contribution in [-0.4, -0.2) is 25.7 Å². The van der Waals surface area contributed by atoms with Crippen molar-refractivity contribution in [3.8, 4) is 11.5 Å². The van der Waals surface area contributed by atoms with Crippen LogP contribution in [0.3, 0.4) is 0 Å². The van der Waals surface area contributed by atoms with E-state index in [0.29, 0.717) is 30.4 Å². The van der Waals surface area contributed by atoms with E-state index in [-0.39, 0.29) is 18.0 Å². The zero-order valence-electron chi connectivity index (χ0n) is 14.3. The number of benzene rings is 1. The van der Waals surface area contributed by atoms with E-state index in [9.17, 15) is 4.79 Å². The molecule has 1 aliphatic carbocycles. The van der Waals surface area contributed by atoms with Crippen molar-refractivity contribution in [2.75, 3.05) is 13.7 Å². The molecule has 1 fully saturated rings. The summed E-state index contributed by atoms with van der Waals surface area (Å²) in [6.07, 6.45) is 3.73. The summed E-state index contributed by atoms with van der Waals surface area (Å²) in [7, 11) is 1.62. The molecule has 2 rings (SSSR count). The summed E-state index contributed by atoms with van der Waals surface area (Å²) < 4.78 is 10.9. The maximum atomic E-state index is 12.2. The Bertz CT molecular complexity index is 533. The Balaban J connectivity index is 1.96. The number of carbonyl (C=O) groups excluding carboxylic acids is 1. The molecule has 23 heavy (non-hydrogen) atoms. The van der Waals surface area contributed by atoms with Gasteiger partial charge in [-0.2, -0.15) is 0 Å². The number of nitrogens with two attached hydrogens (primary N) is 1. The quantitative estimate of drug-likeness (QED) is 0.810. The molecule has 0 saturated heterocycles. The lowest BCUT2D eigenvalue weighted by Crippen LogP contribution is -2.32. The van der Waals surface area contributed by atoms with Gasteiger partial charge in [0.1, 0.15) is 0 Å². The van der Waals surface area contributed by atoms with Gasteiger partial charge in [-0.05, 0) is 50.3 Å². The summed E-state index contributed by atoms with van der Waals surface area (Å²) in [5, 5.41) is 3.06. The van der Waals surface area contributed by atoms with E-state index in [0.717, 1.165) is 24.8 Å². The lowest BCUT2D eigenvalue weighted by Gasteiger charge is -2.19. The average Bonchev–Trinajstić information content (AvgIpc) is 2.92. The molecule has 0 radical (unpaired) electrons. The van der Waals surface area contributed by atoms with E-state index < -0.39 is 0 Å². The van der Waals surface area contributed by atoms with Crippen LogP contribution in [-0.2, 0) is 4.79 Å². The lowest BCUT2D eigenvalue weighted by atomic mass is 9.99. The van der Waals surface area contributed by atoms with Crippen molar-refractivity contribution < 1.29 is 14.3 Å². The van der Waals surface area contributed by atoms with Gasteiger partial charge in [-0.3, -0.25) is 4.79 Å². The zero-order valence-corrected chi connectivity index (χ0v) is 14.3. The van der Waals surface area contributed by atoms with E-state index in [1.807, 2.05) is 32.0 Å². The minimum Gasteiger partial charge on any atom is -0.493 e. The van der Waals surface area contributed by atoms with Crippen LogP contribution in [0.25, 0.3) is 0 Å². The third kappa shape index (κ3) is 4.61. The molecule has 0 aliphatic heterocycles.